The predicted octanol–water partition coefficient (Wildman–Crippen LogP) is 4.02. The molecule has 0 fully saturated rings. The van der Waals surface area contributed by atoms with Crippen LogP contribution in [0.2, 0.25) is 0 Å². The lowest BCUT2D eigenvalue weighted by Gasteiger charge is -2.22. The maximum absolute atomic E-state index is 5.81. The van der Waals surface area contributed by atoms with Crippen LogP contribution in [0.3, 0.4) is 0 Å². The lowest BCUT2D eigenvalue weighted by Crippen LogP contribution is -2.27. The van der Waals surface area contributed by atoms with Crippen molar-refractivity contribution in [1.29, 1.82) is 0 Å². The van der Waals surface area contributed by atoms with Crippen molar-refractivity contribution in [1.82, 2.24) is 0 Å². The Labute approximate surface area is 140 Å². The summed E-state index contributed by atoms with van der Waals surface area (Å²) >= 11 is 11.6. The number of alkyl halides is 2. The molecule has 0 aliphatic heterocycles. The molecular weight excluding hydrogens is 321 g/mol. The van der Waals surface area contributed by atoms with E-state index in [1.165, 1.54) is 0 Å². The van der Waals surface area contributed by atoms with E-state index in [1.807, 2.05) is 30.3 Å². The molecule has 6 heteroatoms. The van der Waals surface area contributed by atoms with Crippen LogP contribution in [0.15, 0.2) is 57.3 Å². The van der Waals surface area contributed by atoms with Crippen LogP contribution in [0.25, 0.3) is 0 Å². The van der Waals surface area contributed by atoms with Gasteiger partial charge >= 0.3 is 0 Å². The van der Waals surface area contributed by atoms with Gasteiger partial charge in [-0.3, -0.25) is 0 Å². The first kappa shape index (κ1) is 16.6. The second-order valence-corrected chi connectivity index (χ2v) is 5.22. The smallest absolute Gasteiger partial charge is 0.146 e. The van der Waals surface area contributed by atoms with Gasteiger partial charge in [-0.2, -0.15) is 10.2 Å². The molecule has 0 aliphatic rings. The van der Waals surface area contributed by atoms with Crippen molar-refractivity contribution in [2.24, 2.45) is 10.2 Å². The van der Waals surface area contributed by atoms with Gasteiger partial charge in [-0.05, 0) is 29.8 Å². The molecule has 0 aliphatic carbocycles. The molecule has 0 saturated heterocycles. The van der Waals surface area contributed by atoms with E-state index in [9.17, 15) is 0 Å². The molecule has 1 heterocycles. The first-order valence-corrected chi connectivity index (χ1v) is 7.97. The summed E-state index contributed by atoms with van der Waals surface area (Å²) in [4.78, 5) is 2.15. The molecular formula is C16H17Cl2N3O. The van der Waals surface area contributed by atoms with Gasteiger partial charge in [0.05, 0.1) is 18.7 Å². The van der Waals surface area contributed by atoms with E-state index in [-0.39, 0.29) is 0 Å². The van der Waals surface area contributed by atoms with Crippen molar-refractivity contribution >= 4 is 41.3 Å². The zero-order chi connectivity index (χ0) is 15.6. The van der Waals surface area contributed by atoms with Gasteiger partial charge in [-0.1, -0.05) is 12.1 Å². The SMILES string of the molecule is ClCCN(CCCl)c1ccc(/C=N\N=C/c2ccco2)cc1. The fraction of sp³-hybridized carbons (Fsp3) is 0.250. The van der Waals surface area contributed by atoms with Crippen molar-refractivity contribution in [2.75, 3.05) is 29.7 Å². The Morgan fingerprint density at radius 3 is 2.23 bits per heavy atom. The minimum atomic E-state index is 0.571. The molecule has 0 saturated carbocycles. The number of nitrogens with zero attached hydrogens (tertiary/aromatic N) is 3. The first-order valence-electron chi connectivity index (χ1n) is 6.90. The van der Waals surface area contributed by atoms with Gasteiger partial charge in [0.2, 0.25) is 0 Å². The second-order valence-electron chi connectivity index (χ2n) is 4.46. The molecule has 0 bridgehead atoms. The lowest BCUT2D eigenvalue weighted by atomic mass is 10.2. The molecule has 0 unspecified atom stereocenters. The maximum Gasteiger partial charge on any atom is 0.146 e. The summed E-state index contributed by atoms with van der Waals surface area (Å²) < 4.78 is 5.12. The Kier molecular flexibility index (Phi) is 7.00. The standard InChI is InChI=1S/C16H17Cl2N3O/c17-7-9-21(10-8-18)15-5-3-14(4-6-15)12-19-20-13-16-2-1-11-22-16/h1-6,11-13H,7-10H2/b19-12-,20-13-. The van der Waals surface area contributed by atoms with Crippen LogP contribution in [0, 0.1) is 0 Å². The number of furan rings is 1. The molecule has 116 valence electrons. The zero-order valence-electron chi connectivity index (χ0n) is 12.0. The van der Waals surface area contributed by atoms with Crippen molar-refractivity contribution in [3.05, 3.63) is 54.0 Å². The third kappa shape index (κ3) is 5.20. The van der Waals surface area contributed by atoms with Crippen LogP contribution in [-0.4, -0.2) is 37.3 Å². The van der Waals surface area contributed by atoms with Gasteiger partial charge in [-0.25, -0.2) is 0 Å². The van der Waals surface area contributed by atoms with Crippen LogP contribution in [-0.2, 0) is 0 Å². The molecule has 2 rings (SSSR count). The quantitative estimate of drug-likeness (QED) is 0.414. The number of rotatable bonds is 8. The summed E-state index contributed by atoms with van der Waals surface area (Å²) in [6.07, 6.45) is 4.85. The Bertz CT molecular complexity index is 588. The maximum atomic E-state index is 5.81. The van der Waals surface area contributed by atoms with E-state index in [0.717, 1.165) is 24.3 Å². The van der Waals surface area contributed by atoms with Crippen molar-refractivity contribution in [3.8, 4) is 0 Å². The summed E-state index contributed by atoms with van der Waals surface area (Å²) in [6.45, 7) is 1.55. The summed E-state index contributed by atoms with van der Waals surface area (Å²) in [5.74, 6) is 1.81. The molecule has 0 spiro atoms. The molecule has 1 aromatic heterocycles. The van der Waals surface area contributed by atoms with Gasteiger partial charge in [0, 0.05) is 30.5 Å². The highest BCUT2D eigenvalue weighted by Crippen LogP contribution is 2.15. The predicted molar refractivity (Wildman–Crippen MR) is 94.0 cm³/mol. The van der Waals surface area contributed by atoms with E-state index in [2.05, 4.69) is 15.1 Å². The molecule has 0 N–H and O–H groups in total. The highest BCUT2D eigenvalue weighted by molar-refractivity contribution is 6.18. The van der Waals surface area contributed by atoms with Gasteiger partial charge in [0.25, 0.3) is 0 Å². The van der Waals surface area contributed by atoms with Crippen molar-refractivity contribution < 1.29 is 4.42 Å². The van der Waals surface area contributed by atoms with E-state index >= 15 is 0 Å². The molecule has 22 heavy (non-hydrogen) atoms. The van der Waals surface area contributed by atoms with Crippen LogP contribution in [0.1, 0.15) is 11.3 Å². The molecule has 1 aromatic carbocycles. The Balaban J connectivity index is 1.96. The van der Waals surface area contributed by atoms with Crippen molar-refractivity contribution in [2.45, 2.75) is 0 Å². The fourth-order valence-electron chi connectivity index (χ4n) is 1.90. The number of benzene rings is 1. The third-order valence-corrected chi connectivity index (χ3v) is 3.31. The second kappa shape index (κ2) is 9.28. The van der Waals surface area contributed by atoms with Crippen LogP contribution in [0.5, 0.6) is 0 Å². The zero-order valence-corrected chi connectivity index (χ0v) is 13.5. The summed E-state index contributed by atoms with van der Waals surface area (Å²) in [7, 11) is 0. The van der Waals surface area contributed by atoms with Gasteiger partial charge in [0.1, 0.15) is 5.76 Å². The Morgan fingerprint density at radius 2 is 1.64 bits per heavy atom. The highest BCUT2D eigenvalue weighted by atomic mass is 35.5. The fourth-order valence-corrected chi connectivity index (χ4v) is 2.31. The minimum absolute atomic E-state index is 0.571. The average molecular weight is 338 g/mol. The van der Waals surface area contributed by atoms with Crippen molar-refractivity contribution in [3.63, 3.8) is 0 Å². The van der Waals surface area contributed by atoms with Gasteiger partial charge in [-0.15, -0.1) is 23.2 Å². The van der Waals surface area contributed by atoms with E-state index in [0.29, 0.717) is 17.5 Å². The lowest BCUT2D eigenvalue weighted by molar-refractivity contribution is 0.560. The largest absolute Gasteiger partial charge is 0.463 e. The normalized spacial score (nSPS) is 11.5. The Morgan fingerprint density at radius 1 is 0.955 bits per heavy atom. The highest BCUT2D eigenvalue weighted by Gasteiger charge is 2.04. The van der Waals surface area contributed by atoms with Gasteiger partial charge in [0.15, 0.2) is 0 Å². The first-order chi connectivity index (χ1) is 10.8. The number of anilines is 1. The molecule has 4 nitrogen and oxygen atoms in total. The number of hydrogen-bond acceptors (Lipinski definition) is 4. The third-order valence-electron chi connectivity index (χ3n) is 2.97. The molecule has 0 atom stereocenters. The Hall–Kier alpha value is -1.78. The van der Waals surface area contributed by atoms with Gasteiger partial charge < -0.3 is 9.32 Å². The van der Waals surface area contributed by atoms with E-state index in [1.54, 1.807) is 24.8 Å². The van der Waals surface area contributed by atoms with Crippen LogP contribution < -0.4 is 4.90 Å². The molecule has 0 radical (unpaired) electrons. The number of halogens is 2. The summed E-state index contributed by atoms with van der Waals surface area (Å²) in [5.41, 5.74) is 2.06. The molecule has 2 aromatic rings. The van der Waals surface area contributed by atoms with Crippen LogP contribution >= 0.6 is 23.2 Å². The van der Waals surface area contributed by atoms with E-state index < -0.39 is 0 Å². The number of hydrogen-bond donors (Lipinski definition) is 0. The monoisotopic (exact) mass is 337 g/mol. The van der Waals surface area contributed by atoms with E-state index in [4.69, 9.17) is 27.6 Å². The topological polar surface area (TPSA) is 41.1 Å². The summed E-state index contributed by atoms with van der Waals surface area (Å²) in [5, 5.41) is 7.92. The minimum Gasteiger partial charge on any atom is -0.463 e. The molecule has 0 amide bonds. The van der Waals surface area contributed by atoms with Crippen LogP contribution in [0.4, 0.5) is 5.69 Å². The summed E-state index contributed by atoms with van der Waals surface area (Å²) in [6, 6.07) is 11.6. The average Bonchev–Trinajstić information content (AvgIpc) is 3.05.